The van der Waals surface area contributed by atoms with Crippen LogP contribution in [0.3, 0.4) is 0 Å². The summed E-state index contributed by atoms with van der Waals surface area (Å²) < 4.78 is 69.6. The zero-order chi connectivity index (χ0) is 21.2. The number of nitrogens with two attached hydrogens (primary N) is 1. The molecule has 0 unspecified atom stereocenters. The van der Waals surface area contributed by atoms with Crippen LogP contribution in [0, 0.1) is 0 Å². The fourth-order valence-electron chi connectivity index (χ4n) is 3.02. The van der Waals surface area contributed by atoms with Crippen LogP contribution in [-0.4, -0.2) is 30.9 Å². The van der Waals surface area contributed by atoms with E-state index in [1.165, 1.54) is 16.4 Å². The predicted octanol–water partition coefficient (Wildman–Crippen LogP) is 3.06. The molecule has 0 bridgehead atoms. The van der Waals surface area contributed by atoms with Gasteiger partial charge >= 0.3 is 6.18 Å². The molecule has 0 fully saturated rings. The standard InChI is InChI=1S/C19H19F3N2O4S/c20-19(21,22)15-2-5-16(6-3-15)28-17-4-1-13-7-9-24(12-14(13)11-17)29(26,27)10-8-18(23)25/h1-6,11H,7-10,12H2,(H2,23,25). The molecule has 156 valence electrons. The molecule has 3 rings (SSSR count). The van der Waals surface area contributed by atoms with Crippen molar-refractivity contribution in [2.45, 2.75) is 25.6 Å². The minimum absolute atomic E-state index is 0.126. The van der Waals surface area contributed by atoms with E-state index in [-0.39, 0.29) is 24.5 Å². The number of carbonyl (C=O) groups excluding carboxylic acids is 1. The number of rotatable bonds is 6. The van der Waals surface area contributed by atoms with Gasteiger partial charge in [-0.25, -0.2) is 8.42 Å². The van der Waals surface area contributed by atoms with Gasteiger partial charge in [0, 0.05) is 19.5 Å². The second-order valence-electron chi connectivity index (χ2n) is 6.67. The average molecular weight is 428 g/mol. The number of fused-ring (bicyclic) bond motifs is 1. The third kappa shape index (κ3) is 5.27. The lowest BCUT2D eigenvalue weighted by Gasteiger charge is -2.28. The van der Waals surface area contributed by atoms with Gasteiger partial charge in [0.2, 0.25) is 15.9 Å². The molecule has 0 spiro atoms. The largest absolute Gasteiger partial charge is 0.457 e. The molecule has 29 heavy (non-hydrogen) atoms. The number of alkyl halides is 3. The molecule has 0 atom stereocenters. The molecule has 1 amide bonds. The SMILES string of the molecule is NC(=O)CCS(=O)(=O)N1CCc2ccc(Oc3ccc(C(F)(F)F)cc3)cc2C1. The highest BCUT2D eigenvalue weighted by atomic mass is 32.2. The van der Waals surface area contributed by atoms with Gasteiger partial charge in [-0.15, -0.1) is 0 Å². The summed E-state index contributed by atoms with van der Waals surface area (Å²) >= 11 is 0. The van der Waals surface area contributed by atoms with Gasteiger partial charge in [-0.1, -0.05) is 6.07 Å². The maximum absolute atomic E-state index is 12.6. The van der Waals surface area contributed by atoms with Crippen molar-refractivity contribution < 1.29 is 31.1 Å². The topological polar surface area (TPSA) is 89.7 Å². The molecule has 1 heterocycles. The summed E-state index contributed by atoms with van der Waals surface area (Å²) in [6.07, 6.45) is -4.16. The Morgan fingerprint density at radius 1 is 1.07 bits per heavy atom. The molecule has 1 aliphatic heterocycles. The maximum Gasteiger partial charge on any atom is 0.416 e. The van der Waals surface area contributed by atoms with Gasteiger partial charge < -0.3 is 10.5 Å². The molecule has 6 nitrogen and oxygen atoms in total. The minimum atomic E-state index is -4.42. The predicted molar refractivity (Wildman–Crippen MR) is 99.7 cm³/mol. The van der Waals surface area contributed by atoms with Gasteiger partial charge in [-0.05, 0) is 53.9 Å². The fourth-order valence-corrected chi connectivity index (χ4v) is 4.44. The number of hydrogen-bond donors (Lipinski definition) is 1. The molecule has 0 saturated carbocycles. The molecule has 0 saturated heterocycles. The number of ether oxygens (including phenoxy) is 1. The summed E-state index contributed by atoms with van der Waals surface area (Å²) in [5.41, 5.74) is 5.96. The number of sulfonamides is 1. The summed E-state index contributed by atoms with van der Waals surface area (Å²) in [4.78, 5) is 10.9. The number of halogens is 3. The van der Waals surface area contributed by atoms with E-state index < -0.39 is 27.7 Å². The van der Waals surface area contributed by atoms with Crippen LogP contribution < -0.4 is 10.5 Å². The Morgan fingerprint density at radius 2 is 1.72 bits per heavy atom. The van der Waals surface area contributed by atoms with Crippen molar-refractivity contribution in [2.75, 3.05) is 12.3 Å². The van der Waals surface area contributed by atoms with Crippen LogP contribution in [0.2, 0.25) is 0 Å². The molecule has 2 N–H and O–H groups in total. The van der Waals surface area contributed by atoms with E-state index in [2.05, 4.69) is 0 Å². The lowest BCUT2D eigenvalue weighted by molar-refractivity contribution is -0.137. The highest BCUT2D eigenvalue weighted by Gasteiger charge is 2.30. The van der Waals surface area contributed by atoms with E-state index >= 15 is 0 Å². The summed E-state index contributed by atoms with van der Waals surface area (Å²) in [6.45, 7) is 0.424. The second-order valence-corrected chi connectivity index (χ2v) is 8.76. The highest BCUT2D eigenvalue weighted by Crippen LogP contribution is 2.32. The Balaban J connectivity index is 1.73. The summed E-state index contributed by atoms with van der Waals surface area (Å²) in [7, 11) is -3.63. The lowest BCUT2D eigenvalue weighted by Crippen LogP contribution is -2.38. The smallest absolute Gasteiger partial charge is 0.416 e. The van der Waals surface area contributed by atoms with Crippen molar-refractivity contribution in [1.82, 2.24) is 4.31 Å². The molecule has 0 aromatic heterocycles. The first-order chi connectivity index (χ1) is 13.5. The van der Waals surface area contributed by atoms with Crippen LogP contribution in [-0.2, 0) is 34.0 Å². The first-order valence-electron chi connectivity index (χ1n) is 8.78. The van der Waals surface area contributed by atoms with Crippen molar-refractivity contribution in [1.29, 1.82) is 0 Å². The Morgan fingerprint density at radius 3 is 2.34 bits per heavy atom. The van der Waals surface area contributed by atoms with Crippen molar-refractivity contribution in [3.8, 4) is 11.5 Å². The van der Waals surface area contributed by atoms with Crippen molar-refractivity contribution in [3.05, 3.63) is 59.2 Å². The molecule has 2 aromatic carbocycles. The monoisotopic (exact) mass is 428 g/mol. The molecule has 2 aromatic rings. The van der Waals surface area contributed by atoms with Gasteiger partial charge in [-0.2, -0.15) is 17.5 Å². The number of benzene rings is 2. The second kappa shape index (κ2) is 8.03. The van der Waals surface area contributed by atoms with Gasteiger partial charge in [-0.3, -0.25) is 4.79 Å². The molecular formula is C19H19F3N2O4S. The minimum Gasteiger partial charge on any atom is -0.457 e. The number of hydrogen-bond acceptors (Lipinski definition) is 4. The molecule has 0 aliphatic carbocycles. The number of amides is 1. The van der Waals surface area contributed by atoms with Crippen LogP contribution >= 0.6 is 0 Å². The van der Waals surface area contributed by atoms with Crippen LogP contribution in [0.5, 0.6) is 11.5 Å². The third-order valence-corrected chi connectivity index (χ3v) is 6.39. The summed E-state index contributed by atoms with van der Waals surface area (Å²) in [5, 5.41) is 0. The number of primary amides is 1. The van der Waals surface area contributed by atoms with E-state index in [1.807, 2.05) is 6.07 Å². The van der Waals surface area contributed by atoms with E-state index in [1.54, 1.807) is 12.1 Å². The average Bonchev–Trinajstić information content (AvgIpc) is 2.65. The number of nitrogens with zero attached hydrogens (tertiary/aromatic N) is 1. The van der Waals surface area contributed by atoms with Crippen molar-refractivity contribution in [3.63, 3.8) is 0 Å². The first-order valence-corrected chi connectivity index (χ1v) is 10.4. The van der Waals surface area contributed by atoms with E-state index in [0.29, 0.717) is 18.7 Å². The van der Waals surface area contributed by atoms with Crippen LogP contribution in [0.15, 0.2) is 42.5 Å². The highest BCUT2D eigenvalue weighted by molar-refractivity contribution is 7.89. The van der Waals surface area contributed by atoms with Gasteiger partial charge in [0.15, 0.2) is 0 Å². The van der Waals surface area contributed by atoms with Crippen molar-refractivity contribution >= 4 is 15.9 Å². The van der Waals surface area contributed by atoms with E-state index in [9.17, 15) is 26.4 Å². The van der Waals surface area contributed by atoms with E-state index in [0.717, 1.165) is 23.3 Å². The van der Waals surface area contributed by atoms with Gasteiger partial charge in [0.05, 0.1) is 11.3 Å². The zero-order valence-corrected chi connectivity index (χ0v) is 16.1. The Labute approximate surface area is 166 Å². The third-order valence-electron chi connectivity index (χ3n) is 4.57. The summed E-state index contributed by atoms with van der Waals surface area (Å²) in [6, 6.07) is 9.48. The maximum atomic E-state index is 12.6. The van der Waals surface area contributed by atoms with Crippen molar-refractivity contribution in [2.24, 2.45) is 5.73 Å². The normalized spacial score (nSPS) is 15.0. The van der Waals surface area contributed by atoms with Crippen LogP contribution in [0.25, 0.3) is 0 Å². The molecule has 1 aliphatic rings. The Hall–Kier alpha value is -2.59. The van der Waals surface area contributed by atoms with Gasteiger partial charge in [0.25, 0.3) is 0 Å². The first kappa shape index (κ1) is 21.1. The number of carbonyl (C=O) groups is 1. The van der Waals surface area contributed by atoms with Crippen LogP contribution in [0.1, 0.15) is 23.1 Å². The molecular weight excluding hydrogens is 409 g/mol. The zero-order valence-electron chi connectivity index (χ0n) is 15.3. The van der Waals surface area contributed by atoms with Gasteiger partial charge in [0.1, 0.15) is 11.5 Å². The quantitative estimate of drug-likeness (QED) is 0.766. The fraction of sp³-hybridized carbons (Fsp3) is 0.316. The lowest BCUT2D eigenvalue weighted by atomic mass is 10.0. The summed E-state index contributed by atoms with van der Waals surface area (Å²) in [5.74, 6) is -0.405. The van der Waals surface area contributed by atoms with E-state index in [4.69, 9.17) is 10.5 Å². The molecule has 10 heteroatoms. The Bertz CT molecular complexity index is 1010. The van der Waals surface area contributed by atoms with Crippen LogP contribution in [0.4, 0.5) is 13.2 Å². The molecule has 0 radical (unpaired) electrons. The Kier molecular flexibility index (Phi) is 5.85.